The zero-order valence-electron chi connectivity index (χ0n) is 6.88. The lowest BCUT2D eigenvalue weighted by molar-refractivity contribution is 0.0998. The maximum atomic E-state index is 11.3. The zero-order chi connectivity index (χ0) is 9.84. The van der Waals surface area contributed by atoms with Gasteiger partial charge in [-0.1, -0.05) is 17.5 Å². The normalized spacial score (nSPS) is 9.23. The van der Waals surface area contributed by atoms with Crippen LogP contribution in [0.25, 0.3) is 0 Å². The number of halogens is 1. The van der Waals surface area contributed by atoms with Gasteiger partial charge in [-0.05, 0) is 18.2 Å². The van der Waals surface area contributed by atoms with Gasteiger partial charge in [0, 0.05) is 16.3 Å². The predicted octanol–water partition coefficient (Wildman–Crippen LogP) is 2.13. The van der Waals surface area contributed by atoms with E-state index in [1.807, 2.05) is 0 Å². The Morgan fingerprint density at radius 1 is 1.54 bits per heavy atom. The lowest BCUT2D eigenvalue weighted by atomic mass is 10.1. The maximum Gasteiger partial charge on any atom is 0.174 e. The van der Waals surface area contributed by atoms with E-state index >= 15 is 0 Å². The second-order valence-corrected chi connectivity index (χ2v) is 3.01. The quantitative estimate of drug-likeness (QED) is 0.444. The number of nitrogens with two attached hydrogens (primary N) is 1. The molecule has 0 saturated carbocycles. The number of carbonyl (C=O) groups excluding carboxylic acids is 1. The highest BCUT2D eigenvalue weighted by Crippen LogP contribution is 2.17. The molecule has 0 unspecified atom stereocenters. The fraction of sp³-hybridized carbons (Fsp3) is 0.100. The molecule has 66 valence electrons. The van der Waals surface area contributed by atoms with Gasteiger partial charge >= 0.3 is 0 Å². The zero-order valence-corrected chi connectivity index (χ0v) is 7.64. The molecule has 0 amide bonds. The Bertz CT molecular complexity index is 359. The summed E-state index contributed by atoms with van der Waals surface area (Å²) >= 11 is 5.71. The average Bonchev–Trinajstić information content (AvgIpc) is 2.03. The SMILES string of the molecule is C#CCC(=O)c1cc(N)cc(Cl)c1. The first-order valence-corrected chi connectivity index (χ1v) is 4.04. The number of Topliss-reactive ketones (excluding diaryl/α,β-unsaturated/α-hetero) is 1. The second-order valence-electron chi connectivity index (χ2n) is 2.58. The number of anilines is 1. The van der Waals surface area contributed by atoms with E-state index in [0.29, 0.717) is 16.3 Å². The molecule has 0 atom stereocenters. The number of rotatable bonds is 2. The minimum Gasteiger partial charge on any atom is -0.399 e. The van der Waals surface area contributed by atoms with Gasteiger partial charge in [-0.25, -0.2) is 0 Å². The van der Waals surface area contributed by atoms with Gasteiger partial charge in [0.2, 0.25) is 0 Å². The number of carbonyl (C=O) groups is 1. The number of hydrogen-bond acceptors (Lipinski definition) is 2. The van der Waals surface area contributed by atoms with Crippen molar-refractivity contribution in [3.8, 4) is 12.3 Å². The molecule has 0 aliphatic carbocycles. The summed E-state index contributed by atoms with van der Waals surface area (Å²) in [4.78, 5) is 11.3. The van der Waals surface area contributed by atoms with E-state index in [1.165, 1.54) is 0 Å². The molecule has 1 aromatic rings. The molecule has 1 rings (SSSR count). The first kappa shape index (κ1) is 9.63. The standard InChI is InChI=1S/C10H8ClNO/c1-2-3-10(13)7-4-8(11)6-9(12)5-7/h1,4-6H,3,12H2. The lowest BCUT2D eigenvalue weighted by Crippen LogP contribution is -1.98. The van der Waals surface area contributed by atoms with Crippen LogP contribution in [0.2, 0.25) is 5.02 Å². The van der Waals surface area contributed by atoms with Crippen LogP contribution in [-0.2, 0) is 0 Å². The highest BCUT2D eigenvalue weighted by molar-refractivity contribution is 6.31. The first-order valence-electron chi connectivity index (χ1n) is 3.66. The number of ketones is 1. The number of terminal acetylenes is 1. The Morgan fingerprint density at radius 3 is 2.77 bits per heavy atom. The first-order chi connectivity index (χ1) is 6.13. The van der Waals surface area contributed by atoms with Gasteiger partial charge in [0.25, 0.3) is 0 Å². The average molecular weight is 194 g/mol. The van der Waals surface area contributed by atoms with Crippen LogP contribution in [0.4, 0.5) is 5.69 Å². The molecule has 0 fully saturated rings. The van der Waals surface area contributed by atoms with Crippen LogP contribution in [0.1, 0.15) is 16.8 Å². The van der Waals surface area contributed by atoms with E-state index < -0.39 is 0 Å². The molecule has 2 nitrogen and oxygen atoms in total. The molecule has 0 aliphatic heterocycles. The van der Waals surface area contributed by atoms with Crippen LogP contribution in [0, 0.1) is 12.3 Å². The van der Waals surface area contributed by atoms with Crippen LogP contribution >= 0.6 is 11.6 Å². The van der Waals surface area contributed by atoms with Crippen molar-refractivity contribution in [3.63, 3.8) is 0 Å². The Morgan fingerprint density at radius 2 is 2.23 bits per heavy atom. The molecule has 0 heterocycles. The van der Waals surface area contributed by atoms with Crippen molar-refractivity contribution in [2.24, 2.45) is 0 Å². The lowest BCUT2D eigenvalue weighted by Gasteiger charge is -2.00. The minimum absolute atomic E-state index is 0.0692. The Labute approximate surface area is 81.7 Å². The smallest absolute Gasteiger partial charge is 0.174 e. The van der Waals surface area contributed by atoms with Crippen LogP contribution in [0.15, 0.2) is 18.2 Å². The molecule has 3 heteroatoms. The topological polar surface area (TPSA) is 43.1 Å². The van der Waals surface area contributed by atoms with Gasteiger partial charge in [-0.2, -0.15) is 0 Å². The summed E-state index contributed by atoms with van der Waals surface area (Å²) in [5.41, 5.74) is 6.43. The van der Waals surface area contributed by atoms with Gasteiger partial charge in [0.15, 0.2) is 5.78 Å². The van der Waals surface area contributed by atoms with Crippen LogP contribution in [-0.4, -0.2) is 5.78 Å². The molecule has 0 saturated heterocycles. The van der Waals surface area contributed by atoms with Crippen LogP contribution < -0.4 is 5.73 Å². The summed E-state index contributed by atoms with van der Waals surface area (Å²) in [6.45, 7) is 0. The van der Waals surface area contributed by atoms with Crippen molar-refractivity contribution in [1.29, 1.82) is 0 Å². The fourth-order valence-corrected chi connectivity index (χ4v) is 1.21. The molecule has 0 bridgehead atoms. The molecule has 0 aromatic heterocycles. The van der Waals surface area contributed by atoms with Crippen molar-refractivity contribution >= 4 is 23.1 Å². The van der Waals surface area contributed by atoms with Gasteiger partial charge in [-0.3, -0.25) is 4.79 Å². The summed E-state index contributed by atoms with van der Waals surface area (Å²) in [6.07, 6.45) is 5.08. The molecular formula is C10H8ClNO. The highest BCUT2D eigenvalue weighted by atomic mass is 35.5. The van der Waals surface area contributed by atoms with E-state index in [1.54, 1.807) is 18.2 Å². The summed E-state index contributed by atoms with van der Waals surface area (Å²) in [6, 6.07) is 4.69. The summed E-state index contributed by atoms with van der Waals surface area (Å²) in [5.74, 6) is 2.13. The van der Waals surface area contributed by atoms with E-state index in [2.05, 4.69) is 5.92 Å². The van der Waals surface area contributed by atoms with Gasteiger partial charge < -0.3 is 5.73 Å². The summed E-state index contributed by atoms with van der Waals surface area (Å²) < 4.78 is 0. The van der Waals surface area contributed by atoms with E-state index in [9.17, 15) is 4.79 Å². The Balaban J connectivity index is 3.02. The molecule has 2 N–H and O–H groups in total. The van der Waals surface area contributed by atoms with E-state index in [-0.39, 0.29) is 12.2 Å². The maximum absolute atomic E-state index is 11.3. The molecule has 0 aliphatic rings. The number of benzene rings is 1. The van der Waals surface area contributed by atoms with Gasteiger partial charge in [0.05, 0.1) is 6.42 Å². The predicted molar refractivity (Wildman–Crippen MR) is 53.6 cm³/mol. The fourth-order valence-electron chi connectivity index (χ4n) is 0.968. The van der Waals surface area contributed by atoms with E-state index in [0.717, 1.165) is 0 Å². The third kappa shape index (κ3) is 2.50. The second kappa shape index (κ2) is 3.97. The van der Waals surface area contributed by atoms with E-state index in [4.69, 9.17) is 23.8 Å². The highest BCUT2D eigenvalue weighted by Gasteiger charge is 2.05. The van der Waals surface area contributed by atoms with Crippen molar-refractivity contribution in [1.82, 2.24) is 0 Å². The van der Waals surface area contributed by atoms with Gasteiger partial charge in [-0.15, -0.1) is 6.42 Å². The third-order valence-corrected chi connectivity index (χ3v) is 1.72. The summed E-state index contributed by atoms with van der Waals surface area (Å²) in [5, 5.41) is 0.445. The van der Waals surface area contributed by atoms with Crippen LogP contribution in [0.3, 0.4) is 0 Å². The number of hydrogen-bond donors (Lipinski definition) is 1. The van der Waals surface area contributed by atoms with Crippen molar-refractivity contribution < 1.29 is 4.79 Å². The molecule has 1 aromatic carbocycles. The largest absolute Gasteiger partial charge is 0.399 e. The number of nitrogen functional groups attached to an aromatic ring is 1. The minimum atomic E-state index is -0.142. The molecule has 13 heavy (non-hydrogen) atoms. The third-order valence-electron chi connectivity index (χ3n) is 1.50. The molecular weight excluding hydrogens is 186 g/mol. The molecule has 0 spiro atoms. The van der Waals surface area contributed by atoms with Gasteiger partial charge in [0.1, 0.15) is 0 Å². The van der Waals surface area contributed by atoms with Crippen molar-refractivity contribution in [3.05, 3.63) is 28.8 Å². The molecule has 0 radical (unpaired) electrons. The van der Waals surface area contributed by atoms with Crippen molar-refractivity contribution in [2.75, 3.05) is 5.73 Å². The Kier molecular flexibility index (Phi) is 2.94. The Hall–Kier alpha value is -1.46. The van der Waals surface area contributed by atoms with Crippen molar-refractivity contribution in [2.45, 2.75) is 6.42 Å². The monoisotopic (exact) mass is 193 g/mol. The van der Waals surface area contributed by atoms with Crippen LogP contribution in [0.5, 0.6) is 0 Å². The summed E-state index contributed by atoms with van der Waals surface area (Å²) in [7, 11) is 0.